The van der Waals surface area contributed by atoms with Crippen molar-refractivity contribution in [3.05, 3.63) is 65.5 Å². The molecule has 2 amide bonds. The van der Waals surface area contributed by atoms with E-state index in [9.17, 15) is 18.8 Å². The van der Waals surface area contributed by atoms with Gasteiger partial charge in [-0.2, -0.15) is 0 Å². The van der Waals surface area contributed by atoms with E-state index in [2.05, 4.69) is 10.6 Å². The number of anilines is 1. The summed E-state index contributed by atoms with van der Waals surface area (Å²) in [6.07, 6.45) is 0.157. The summed E-state index contributed by atoms with van der Waals surface area (Å²) < 4.78 is 17.8. The lowest BCUT2D eigenvalue weighted by Crippen LogP contribution is -2.43. The fourth-order valence-corrected chi connectivity index (χ4v) is 2.37. The van der Waals surface area contributed by atoms with Crippen molar-refractivity contribution in [2.24, 2.45) is 0 Å². The van der Waals surface area contributed by atoms with E-state index in [-0.39, 0.29) is 23.7 Å². The number of esters is 1. The molecule has 0 aliphatic heterocycles. The third-order valence-corrected chi connectivity index (χ3v) is 3.59. The Morgan fingerprint density at radius 3 is 2.42 bits per heavy atom. The lowest BCUT2D eigenvalue weighted by molar-refractivity contribution is -0.142. The first-order valence-electron chi connectivity index (χ1n) is 7.90. The van der Waals surface area contributed by atoms with E-state index in [1.165, 1.54) is 44.4 Å². The second-order valence-electron chi connectivity index (χ2n) is 5.64. The van der Waals surface area contributed by atoms with Gasteiger partial charge in [0.05, 0.1) is 7.11 Å². The SMILES string of the molecule is COC(=O)[C@@H](Cc1ccc(F)cc1)NC(=O)c1cccc(NC(C)=O)c1. The lowest BCUT2D eigenvalue weighted by atomic mass is 10.1. The molecule has 0 heterocycles. The van der Waals surface area contributed by atoms with Crippen molar-refractivity contribution in [2.45, 2.75) is 19.4 Å². The average Bonchev–Trinajstić information content (AvgIpc) is 2.62. The molecule has 0 radical (unpaired) electrons. The number of ether oxygens (including phenoxy) is 1. The lowest BCUT2D eigenvalue weighted by Gasteiger charge is -2.17. The highest BCUT2D eigenvalue weighted by molar-refractivity contribution is 5.98. The van der Waals surface area contributed by atoms with Gasteiger partial charge in [-0.25, -0.2) is 9.18 Å². The highest BCUT2D eigenvalue weighted by Crippen LogP contribution is 2.12. The minimum absolute atomic E-state index is 0.157. The molecule has 0 aliphatic carbocycles. The average molecular weight is 358 g/mol. The molecule has 7 heteroatoms. The minimum Gasteiger partial charge on any atom is -0.467 e. The van der Waals surface area contributed by atoms with Gasteiger partial charge >= 0.3 is 5.97 Å². The molecule has 136 valence electrons. The fraction of sp³-hybridized carbons (Fsp3) is 0.211. The summed E-state index contributed by atoms with van der Waals surface area (Å²) in [5.74, 6) is -1.75. The van der Waals surface area contributed by atoms with Crippen LogP contribution in [0.1, 0.15) is 22.8 Å². The summed E-state index contributed by atoms with van der Waals surface area (Å²) in [6, 6.07) is 11.0. The van der Waals surface area contributed by atoms with Crippen LogP contribution in [0.4, 0.5) is 10.1 Å². The standard InChI is InChI=1S/C19H19FN2O4/c1-12(23)21-16-5-3-4-14(11-16)18(24)22-17(19(25)26-2)10-13-6-8-15(20)9-7-13/h3-9,11,17H,10H2,1-2H3,(H,21,23)(H,22,24)/t17-/m1/s1. The molecule has 6 nitrogen and oxygen atoms in total. The van der Waals surface area contributed by atoms with Crippen molar-refractivity contribution in [1.29, 1.82) is 0 Å². The molecular weight excluding hydrogens is 339 g/mol. The second kappa shape index (κ2) is 8.75. The molecule has 0 saturated heterocycles. The van der Waals surface area contributed by atoms with E-state index < -0.39 is 17.9 Å². The molecule has 0 saturated carbocycles. The smallest absolute Gasteiger partial charge is 0.328 e. The van der Waals surface area contributed by atoms with Gasteiger partial charge in [-0.1, -0.05) is 18.2 Å². The monoisotopic (exact) mass is 358 g/mol. The van der Waals surface area contributed by atoms with Crippen LogP contribution in [0.5, 0.6) is 0 Å². The number of methoxy groups -OCH3 is 1. The number of hydrogen-bond acceptors (Lipinski definition) is 4. The Hall–Kier alpha value is -3.22. The maximum Gasteiger partial charge on any atom is 0.328 e. The summed E-state index contributed by atoms with van der Waals surface area (Å²) in [4.78, 5) is 35.6. The summed E-state index contributed by atoms with van der Waals surface area (Å²) in [6.45, 7) is 1.36. The molecule has 26 heavy (non-hydrogen) atoms. The molecule has 0 spiro atoms. The first-order valence-corrected chi connectivity index (χ1v) is 7.90. The topological polar surface area (TPSA) is 84.5 Å². The van der Waals surface area contributed by atoms with Crippen molar-refractivity contribution in [3.8, 4) is 0 Å². The fourth-order valence-electron chi connectivity index (χ4n) is 2.37. The Balaban J connectivity index is 2.14. The quantitative estimate of drug-likeness (QED) is 0.776. The van der Waals surface area contributed by atoms with Crippen LogP contribution in [0, 0.1) is 5.82 Å². The molecule has 0 aromatic heterocycles. The summed E-state index contributed by atoms with van der Waals surface area (Å²) in [5.41, 5.74) is 1.43. The van der Waals surface area contributed by atoms with Crippen LogP contribution in [-0.4, -0.2) is 30.9 Å². The van der Waals surface area contributed by atoms with Crippen LogP contribution in [0.15, 0.2) is 48.5 Å². The molecule has 0 fully saturated rings. The Bertz CT molecular complexity index is 805. The largest absolute Gasteiger partial charge is 0.467 e. The molecule has 2 aromatic carbocycles. The highest BCUT2D eigenvalue weighted by atomic mass is 19.1. The number of amides is 2. The molecule has 0 aliphatic rings. The Morgan fingerprint density at radius 2 is 1.81 bits per heavy atom. The van der Waals surface area contributed by atoms with Gasteiger partial charge in [-0.3, -0.25) is 9.59 Å². The Morgan fingerprint density at radius 1 is 1.12 bits per heavy atom. The molecule has 0 unspecified atom stereocenters. The summed E-state index contributed by atoms with van der Waals surface area (Å²) in [5, 5.41) is 5.19. The number of halogens is 1. The van der Waals surface area contributed by atoms with E-state index in [0.717, 1.165) is 0 Å². The Kier molecular flexibility index (Phi) is 6.43. The van der Waals surface area contributed by atoms with Gasteiger partial charge in [0, 0.05) is 24.6 Å². The van der Waals surface area contributed by atoms with E-state index in [0.29, 0.717) is 11.3 Å². The zero-order chi connectivity index (χ0) is 19.1. The van der Waals surface area contributed by atoms with Crippen LogP contribution < -0.4 is 10.6 Å². The maximum absolute atomic E-state index is 13.0. The van der Waals surface area contributed by atoms with Crippen molar-refractivity contribution in [3.63, 3.8) is 0 Å². The molecule has 2 aromatic rings. The van der Waals surface area contributed by atoms with Crippen LogP contribution in [0.2, 0.25) is 0 Å². The maximum atomic E-state index is 13.0. The first kappa shape index (κ1) is 19.1. The number of hydrogen-bond donors (Lipinski definition) is 2. The number of rotatable bonds is 6. The number of carbonyl (C=O) groups is 3. The number of nitrogens with one attached hydrogen (secondary N) is 2. The van der Waals surface area contributed by atoms with E-state index in [4.69, 9.17) is 4.74 Å². The molecule has 2 rings (SSSR count). The summed E-state index contributed by atoms with van der Waals surface area (Å²) >= 11 is 0. The van der Waals surface area contributed by atoms with Crippen molar-refractivity contribution < 1.29 is 23.5 Å². The van der Waals surface area contributed by atoms with Gasteiger partial charge in [0.15, 0.2) is 0 Å². The van der Waals surface area contributed by atoms with Crippen molar-refractivity contribution in [2.75, 3.05) is 12.4 Å². The number of carbonyl (C=O) groups excluding carboxylic acids is 3. The second-order valence-corrected chi connectivity index (χ2v) is 5.64. The molecule has 2 N–H and O–H groups in total. The van der Waals surface area contributed by atoms with Crippen LogP contribution in [-0.2, 0) is 20.7 Å². The zero-order valence-corrected chi connectivity index (χ0v) is 14.4. The highest BCUT2D eigenvalue weighted by Gasteiger charge is 2.22. The predicted octanol–water partition coefficient (Wildman–Crippen LogP) is 2.30. The predicted molar refractivity (Wildman–Crippen MR) is 94.1 cm³/mol. The van der Waals surface area contributed by atoms with Gasteiger partial charge < -0.3 is 15.4 Å². The third-order valence-electron chi connectivity index (χ3n) is 3.59. The van der Waals surface area contributed by atoms with E-state index in [1.54, 1.807) is 18.2 Å². The van der Waals surface area contributed by atoms with Gasteiger partial charge in [0.2, 0.25) is 5.91 Å². The Labute approximate surface area is 150 Å². The van der Waals surface area contributed by atoms with Gasteiger partial charge in [0.25, 0.3) is 5.91 Å². The van der Waals surface area contributed by atoms with Crippen LogP contribution in [0.25, 0.3) is 0 Å². The van der Waals surface area contributed by atoms with Crippen molar-refractivity contribution in [1.82, 2.24) is 5.32 Å². The first-order chi connectivity index (χ1) is 12.4. The molecule has 1 atom stereocenters. The molecule has 0 bridgehead atoms. The van der Waals surface area contributed by atoms with E-state index >= 15 is 0 Å². The summed E-state index contributed by atoms with van der Waals surface area (Å²) in [7, 11) is 1.23. The zero-order valence-electron chi connectivity index (χ0n) is 14.4. The third kappa shape index (κ3) is 5.41. The van der Waals surface area contributed by atoms with E-state index in [1.807, 2.05) is 0 Å². The van der Waals surface area contributed by atoms with Gasteiger partial charge in [-0.05, 0) is 35.9 Å². The van der Waals surface area contributed by atoms with Crippen molar-refractivity contribution >= 4 is 23.5 Å². The number of benzene rings is 2. The van der Waals surface area contributed by atoms with Gasteiger partial charge in [-0.15, -0.1) is 0 Å². The van der Waals surface area contributed by atoms with Crippen LogP contribution in [0.3, 0.4) is 0 Å². The normalized spacial score (nSPS) is 11.3. The van der Waals surface area contributed by atoms with Gasteiger partial charge in [0.1, 0.15) is 11.9 Å². The van der Waals surface area contributed by atoms with Crippen LogP contribution >= 0.6 is 0 Å². The minimum atomic E-state index is -0.928. The molecular formula is C19H19FN2O4.